The molecule has 138 valence electrons. The number of nitrogens with zero attached hydrogens (tertiary/aromatic N) is 2. The molecule has 1 amide bonds. The van der Waals surface area contributed by atoms with Crippen LogP contribution in [0.4, 0.5) is 0 Å². The molecule has 0 aliphatic heterocycles. The average molecular weight is 361 g/mol. The third kappa shape index (κ3) is 4.37. The van der Waals surface area contributed by atoms with Gasteiger partial charge in [0.1, 0.15) is 6.10 Å². The molecule has 2 aromatic heterocycles. The number of carbonyl (C=O) groups is 1. The number of hydrogen-bond donors (Lipinski definition) is 1. The topological polar surface area (TPSA) is 56.1 Å². The van der Waals surface area contributed by atoms with Gasteiger partial charge in [0.2, 0.25) is 5.88 Å². The van der Waals surface area contributed by atoms with Gasteiger partial charge in [-0.05, 0) is 68.1 Å². The summed E-state index contributed by atoms with van der Waals surface area (Å²) in [4.78, 5) is 16.7. The summed E-state index contributed by atoms with van der Waals surface area (Å²) in [6, 6.07) is 17.5. The van der Waals surface area contributed by atoms with Crippen molar-refractivity contribution in [3.63, 3.8) is 0 Å². The predicted octanol–water partition coefficient (Wildman–Crippen LogP) is 3.99. The minimum Gasteiger partial charge on any atom is -0.474 e. The highest BCUT2D eigenvalue weighted by atomic mass is 16.5. The zero-order valence-corrected chi connectivity index (χ0v) is 15.1. The molecular formula is C22H23N3O2. The third-order valence-electron chi connectivity index (χ3n) is 4.97. The molecule has 1 aromatic carbocycles. The van der Waals surface area contributed by atoms with Gasteiger partial charge in [0.15, 0.2) is 0 Å². The van der Waals surface area contributed by atoms with Crippen molar-refractivity contribution in [2.45, 2.75) is 37.8 Å². The number of ether oxygens (including phenoxy) is 1. The van der Waals surface area contributed by atoms with Crippen molar-refractivity contribution in [2.24, 2.45) is 0 Å². The summed E-state index contributed by atoms with van der Waals surface area (Å²) >= 11 is 0. The maximum atomic E-state index is 12.5. The van der Waals surface area contributed by atoms with Crippen LogP contribution in [0.25, 0.3) is 5.69 Å². The quantitative estimate of drug-likeness (QED) is 0.747. The number of nitrogens with one attached hydrogen (secondary N) is 1. The van der Waals surface area contributed by atoms with E-state index in [0.717, 1.165) is 31.4 Å². The molecule has 4 rings (SSSR count). The van der Waals surface area contributed by atoms with Gasteiger partial charge < -0.3 is 14.6 Å². The average Bonchev–Trinajstić information content (AvgIpc) is 3.25. The van der Waals surface area contributed by atoms with Crippen LogP contribution in [-0.4, -0.2) is 27.6 Å². The van der Waals surface area contributed by atoms with E-state index in [1.807, 2.05) is 71.6 Å². The van der Waals surface area contributed by atoms with Crippen molar-refractivity contribution in [3.05, 3.63) is 78.8 Å². The van der Waals surface area contributed by atoms with E-state index in [2.05, 4.69) is 10.3 Å². The van der Waals surface area contributed by atoms with E-state index >= 15 is 0 Å². The second kappa shape index (κ2) is 8.08. The number of rotatable bonds is 5. The van der Waals surface area contributed by atoms with E-state index in [4.69, 9.17) is 4.74 Å². The van der Waals surface area contributed by atoms with Gasteiger partial charge in [-0.25, -0.2) is 4.98 Å². The number of aromatic nitrogens is 2. The van der Waals surface area contributed by atoms with Crippen LogP contribution < -0.4 is 10.1 Å². The van der Waals surface area contributed by atoms with Crippen LogP contribution in [0.2, 0.25) is 0 Å². The first kappa shape index (κ1) is 17.3. The first-order valence-electron chi connectivity index (χ1n) is 9.40. The summed E-state index contributed by atoms with van der Waals surface area (Å²) in [6.07, 6.45) is 9.58. The largest absolute Gasteiger partial charge is 0.474 e. The monoisotopic (exact) mass is 361 g/mol. The molecule has 0 spiro atoms. The van der Waals surface area contributed by atoms with Crippen molar-refractivity contribution in [1.82, 2.24) is 14.9 Å². The van der Waals surface area contributed by atoms with Crippen LogP contribution in [0, 0.1) is 0 Å². The van der Waals surface area contributed by atoms with Crippen molar-refractivity contribution in [2.75, 3.05) is 0 Å². The Morgan fingerprint density at radius 3 is 2.37 bits per heavy atom. The zero-order valence-electron chi connectivity index (χ0n) is 15.1. The molecule has 0 saturated heterocycles. The third-order valence-corrected chi connectivity index (χ3v) is 4.97. The minimum absolute atomic E-state index is 0.0110. The number of hydrogen-bond acceptors (Lipinski definition) is 3. The van der Waals surface area contributed by atoms with Gasteiger partial charge in [-0.1, -0.05) is 6.07 Å². The maximum absolute atomic E-state index is 12.5. The molecule has 0 atom stereocenters. The molecule has 0 bridgehead atoms. The summed E-state index contributed by atoms with van der Waals surface area (Å²) in [5, 5.41) is 3.16. The number of benzene rings is 1. The van der Waals surface area contributed by atoms with Crippen molar-refractivity contribution in [1.29, 1.82) is 0 Å². The Morgan fingerprint density at radius 1 is 0.963 bits per heavy atom. The Morgan fingerprint density at radius 2 is 1.70 bits per heavy atom. The highest BCUT2D eigenvalue weighted by Gasteiger charge is 2.24. The number of amides is 1. The zero-order chi connectivity index (χ0) is 18.5. The lowest BCUT2D eigenvalue weighted by molar-refractivity contribution is 0.0890. The van der Waals surface area contributed by atoms with Gasteiger partial charge in [0, 0.05) is 41.9 Å². The highest BCUT2D eigenvalue weighted by Crippen LogP contribution is 2.23. The molecule has 0 radical (unpaired) electrons. The second-order valence-electron chi connectivity index (χ2n) is 6.87. The Balaban J connectivity index is 1.28. The van der Waals surface area contributed by atoms with Gasteiger partial charge in [-0.2, -0.15) is 0 Å². The van der Waals surface area contributed by atoms with E-state index in [1.165, 1.54) is 0 Å². The normalized spacial score (nSPS) is 19.4. The Kier molecular flexibility index (Phi) is 5.19. The van der Waals surface area contributed by atoms with E-state index in [0.29, 0.717) is 11.4 Å². The van der Waals surface area contributed by atoms with Crippen LogP contribution in [0.1, 0.15) is 36.0 Å². The van der Waals surface area contributed by atoms with Crippen LogP contribution in [0.5, 0.6) is 5.88 Å². The van der Waals surface area contributed by atoms with E-state index in [1.54, 1.807) is 6.20 Å². The lowest BCUT2D eigenvalue weighted by atomic mass is 9.92. The molecule has 5 heteroatoms. The molecule has 1 aliphatic carbocycles. The van der Waals surface area contributed by atoms with Gasteiger partial charge in [0.05, 0.1) is 0 Å². The summed E-state index contributed by atoms with van der Waals surface area (Å²) in [5.41, 5.74) is 1.74. The molecule has 1 aliphatic rings. The van der Waals surface area contributed by atoms with Crippen molar-refractivity contribution >= 4 is 5.91 Å². The summed E-state index contributed by atoms with van der Waals surface area (Å²) in [5.74, 6) is 0.663. The SMILES string of the molecule is O=C(NC1CCC(Oc2ccccn2)CC1)c1ccc(-n2cccc2)cc1. The second-order valence-corrected chi connectivity index (χ2v) is 6.87. The Bertz CT molecular complexity index is 852. The van der Waals surface area contributed by atoms with Gasteiger partial charge in [0.25, 0.3) is 5.91 Å². The molecule has 2 heterocycles. The van der Waals surface area contributed by atoms with E-state index in [9.17, 15) is 4.79 Å². The molecule has 0 unspecified atom stereocenters. The molecule has 1 saturated carbocycles. The molecule has 3 aromatic rings. The van der Waals surface area contributed by atoms with Crippen LogP contribution >= 0.6 is 0 Å². The summed E-state index contributed by atoms with van der Waals surface area (Å²) < 4.78 is 7.93. The fourth-order valence-corrected chi connectivity index (χ4v) is 3.47. The number of carbonyl (C=O) groups excluding carboxylic acids is 1. The molecule has 1 N–H and O–H groups in total. The Labute approximate surface area is 159 Å². The van der Waals surface area contributed by atoms with Crippen LogP contribution in [-0.2, 0) is 0 Å². The number of pyridine rings is 1. The lowest BCUT2D eigenvalue weighted by Gasteiger charge is -2.29. The van der Waals surface area contributed by atoms with Crippen molar-refractivity contribution in [3.8, 4) is 11.6 Å². The minimum atomic E-state index is -0.0110. The fraction of sp³-hybridized carbons (Fsp3) is 0.273. The van der Waals surface area contributed by atoms with Crippen LogP contribution in [0.3, 0.4) is 0 Å². The van der Waals surface area contributed by atoms with Crippen molar-refractivity contribution < 1.29 is 9.53 Å². The summed E-state index contributed by atoms with van der Waals surface area (Å²) in [6.45, 7) is 0. The lowest BCUT2D eigenvalue weighted by Crippen LogP contribution is -2.39. The predicted molar refractivity (Wildman–Crippen MR) is 104 cm³/mol. The molecule has 1 fully saturated rings. The highest BCUT2D eigenvalue weighted by molar-refractivity contribution is 5.94. The van der Waals surface area contributed by atoms with E-state index < -0.39 is 0 Å². The molecule has 5 nitrogen and oxygen atoms in total. The van der Waals surface area contributed by atoms with E-state index in [-0.39, 0.29) is 18.1 Å². The van der Waals surface area contributed by atoms with Gasteiger partial charge >= 0.3 is 0 Å². The Hall–Kier alpha value is -3.08. The van der Waals surface area contributed by atoms with Crippen LogP contribution in [0.15, 0.2) is 73.2 Å². The molecule has 27 heavy (non-hydrogen) atoms. The first-order chi connectivity index (χ1) is 13.3. The molecular weight excluding hydrogens is 338 g/mol. The summed E-state index contributed by atoms with van der Waals surface area (Å²) in [7, 11) is 0. The first-order valence-corrected chi connectivity index (χ1v) is 9.40. The maximum Gasteiger partial charge on any atom is 0.251 e. The van der Waals surface area contributed by atoms with Gasteiger partial charge in [-0.3, -0.25) is 4.79 Å². The standard InChI is InChI=1S/C22H23N3O2/c26-22(17-6-10-19(11-7-17)25-15-3-4-16-25)24-18-8-12-20(13-9-18)27-21-5-1-2-14-23-21/h1-7,10-11,14-16,18,20H,8-9,12-13H2,(H,24,26). The van der Waals surface area contributed by atoms with Gasteiger partial charge in [-0.15, -0.1) is 0 Å². The fourth-order valence-electron chi connectivity index (χ4n) is 3.47. The smallest absolute Gasteiger partial charge is 0.251 e.